The molecule has 0 saturated heterocycles. The standard InChI is InChI=1S/C16H16N4O4/c1-9-4-3-5-10(6-9)23-8-11-7-20-12-13(17-16(20)24-11)19(2)15(22)18-14(12)21/h3-6,11H,7-8H2,1-2H3,(H,18,21,22). The molecular formula is C16H16N4O4. The molecule has 1 aromatic carbocycles. The van der Waals surface area contributed by atoms with Crippen molar-refractivity contribution in [1.82, 2.24) is 19.1 Å². The Morgan fingerprint density at radius 2 is 2.25 bits per heavy atom. The number of aromatic nitrogens is 4. The number of fused-ring (bicyclic) bond motifs is 3. The zero-order valence-corrected chi connectivity index (χ0v) is 13.3. The van der Waals surface area contributed by atoms with Crippen LogP contribution in [-0.4, -0.2) is 31.8 Å². The van der Waals surface area contributed by atoms with Gasteiger partial charge in [0.1, 0.15) is 12.4 Å². The molecule has 0 amide bonds. The van der Waals surface area contributed by atoms with Crippen LogP contribution >= 0.6 is 0 Å². The molecule has 1 aliphatic heterocycles. The molecule has 0 radical (unpaired) electrons. The van der Waals surface area contributed by atoms with Gasteiger partial charge in [-0.05, 0) is 24.6 Å². The highest BCUT2D eigenvalue weighted by molar-refractivity contribution is 5.72. The van der Waals surface area contributed by atoms with Crippen molar-refractivity contribution in [3.05, 3.63) is 50.7 Å². The Hall–Kier alpha value is -3.03. The number of aryl methyl sites for hydroxylation is 2. The van der Waals surface area contributed by atoms with Gasteiger partial charge >= 0.3 is 5.69 Å². The van der Waals surface area contributed by atoms with Gasteiger partial charge in [-0.2, -0.15) is 4.98 Å². The third-order valence-electron chi connectivity index (χ3n) is 4.06. The summed E-state index contributed by atoms with van der Waals surface area (Å²) in [6, 6.07) is 8.09. The summed E-state index contributed by atoms with van der Waals surface area (Å²) in [7, 11) is 1.56. The van der Waals surface area contributed by atoms with Crippen molar-refractivity contribution in [3.8, 4) is 11.8 Å². The van der Waals surface area contributed by atoms with E-state index in [1.165, 1.54) is 4.57 Å². The molecule has 1 N–H and O–H groups in total. The first-order valence-electron chi connectivity index (χ1n) is 7.58. The van der Waals surface area contributed by atoms with Crippen molar-refractivity contribution in [1.29, 1.82) is 0 Å². The van der Waals surface area contributed by atoms with Crippen LogP contribution in [0.5, 0.6) is 11.8 Å². The fraction of sp³-hybridized carbons (Fsp3) is 0.312. The van der Waals surface area contributed by atoms with E-state index in [1.807, 2.05) is 31.2 Å². The molecule has 4 rings (SSSR count). The number of H-pyrrole nitrogens is 1. The number of nitrogens with one attached hydrogen (secondary N) is 1. The van der Waals surface area contributed by atoms with Crippen molar-refractivity contribution in [2.75, 3.05) is 6.61 Å². The molecule has 1 unspecified atom stereocenters. The van der Waals surface area contributed by atoms with Crippen LogP contribution in [0.3, 0.4) is 0 Å². The average molecular weight is 328 g/mol. The minimum Gasteiger partial charge on any atom is -0.490 e. The molecule has 3 aromatic rings. The maximum absolute atomic E-state index is 12.1. The van der Waals surface area contributed by atoms with E-state index in [0.717, 1.165) is 11.3 Å². The Kier molecular flexibility index (Phi) is 3.19. The first-order chi connectivity index (χ1) is 11.5. The van der Waals surface area contributed by atoms with Gasteiger partial charge in [0.05, 0.1) is 6.54 Å². The molecular weight excluding hydrogens is 312 g/mol. The van der Waals surface area contributed by atoms with Gasteiger partial charge in [0.25, 0.3) is 11.6 Å². The summed E-state index contributed by atoms with van der Waals surface area (Å²) >= 11 is 0. The predicted octanol–water partition coefficient (Wildman–Crippen LogP) is 0.572. The highest BCUT2D eigenvalue weighted by Gasteiger charge is 2.29. The SMILES string of the molecule is Cc1cccc(OCC2Cn3c(nc4c3c(=O)[nH]c(=O)n4C)O2)c1. The van der Waals surface area contributed by atoms with Crippen molar-refractivity contribution < 1.29 is 9.47 Å². The van der Waals surface area contributed by atoms with Crippen molar-refractivity contribution in [2.45, 2.75) is 19.6 Å². The minimum absolute atomic E-state index is 0.242. The Balaban J connectivity index is 1.58. The number of hydrogen-bond acceptors (Lipinski definition) is 5. The lowest BCUT2D eigenvalue weighted by atomic mass is 10.2. The van der Waals surface area contributed by atoms with Crippen LogP contribution in [0.2, 0.25) is 0 Å². The topological polar surface area (TPSA) is 91.1 Å². The summed E-state index contributed by atoms with van der Waals surface area (Å²) in [5, 5.41) is 0. The Labute approximate surface area is 136 Å². The molecule has 3 heterocycles. The van der Waals surface area contributed by atoms with E-state index < -0.39 is 11.2 Å². The van der Waals surface area contributed by atoms with Crippen LogP contribution in [0.15, 0.2) is 33.9 Å². The second kappa shape index (κ2) is 5.26. The largest absolute Gasteiger partial charge is 0.490 e. The first-order valence-corrected chi connectivity index (χ1v) is 7.58. The molecule has 2 aromatic heterocycles. The summed E-state index contributed by atoms with van der Waals surface area (Å²) in [5.41, 5.74) is 0.812. The molecule has 1 aliphatic rings. The fourth-order valence-corrected chi connectivity index (χ4v) is 2.84. The van der Waals surface area contributed by atoms with Gasteiger partial charge in [0.15, 0.2) is 17.3 Å². The van der Waals surface area contributed by atoms with Gasteiger partial charge in [-0.15, -0.1) is 0 Å². The summed E-state index contributed by atoms with van der Waals surface area (Å²) in [5.74, 6) is 0.772. The molecule has 0 aliphatic carbocycles. The fourth-order valence-electron chi connectivity index (χ4n) is 2.84. The van der Waals surface area contributed by atoms with Crippen LogP contribution in [-0.2, 0) is 13.6 Å². The minimum atomic E-state index is -0.497. The molecule has 8 nitrogen and oxygen atoms in total. The molecule has 0 bridgehead atoms. The average Bonchev–Trinajstić information content (AvgIpc) is 3.08. The van der Waals surface area contributed by atoms with E-state index in [4.69, 9.17) is 9.47 Å². The molecule has 0 spiro atoms. The van der Waals surface area contributed by atoms with E-state index in [1.54, 1.807) is 11.6 Å². The predicted molar refractivity (Wildman–Crippen MR) is 86.7 cm³/mol. The molecule has 0 fully saturated rings. The van der Waals surface area contributed by atoms with Gasteiger partial charge in [-0.1, -0.05) is 12.1 Å². The van der Waals surface area contributed by atoms with E-state index in [9.17, 15) is 9.59 Å². The van der Waals surface area contributed by atoms with E-state index in [0.29, 0.717) is 30.3 Å². The van der Waals surface area contributed by atoms with E-state index in [-0.39, 0.29) is 6.10 Å². The normalized spacial score (nSPS) is 16.2. The Morgan fingerprint density at radius 3 is 3.04 bits per heavy atom. The maximum Gasteiger partial charge on any atom is 0.329 e. The summed E-state index contributed by atoms with van der Waals surface area (Å²) in [6.45, 7) is 2.79. The lowest BCUT2D eigenvalue weighted by molar-refractivity contribution is 0.144. The number of ether oxygens (including phenoxy) is 2. The second-order valence-corrected chi connectivity index (χ2v) is 5.86. The summed E-state index contributed by atoms with van der Waals surface area (Å²) < 4.78 is 14.5. The van der Waals surface area contributed by atoms with Gasteiger partial charge in [-0.25, -0.2) is 4.79 Å². The van der Waals surface area contributed by atoms with Gasteiger partial charge in [-0.3, -0.25) is 18.9 Å². The van der Waals surface area contributed by atoms with Crippen molar-refractivity contribution >= 4 is 11.2 Å². The van der Waals surface area contributed by atoms with E-state index >= 15 is 0 Å². The van der Waals surface area contributed by atoms with Gasteiger partial charge < -0.3 is 9.47 Å². The van der Waals surface area contributed by atoms with Crippen molar-refractivity contribution in [3.63, 3.8) is 0 Å². The van der Waals surface area contributed by atoms with Gasteiger partial charge in [0.2, 0.25) is 0 Å². The number of nitrogens with zero attached hydrogens (tertiary/aromatic N) is 3. The lowest BCUT2D eigenvalue weighted by Crippen LogP contribution is -2.30. The second-order valence-electron chi connectivity index (χ2n) is 5.86. The molecule has 24 heavy (non-hydrogen) atoms. The third-order valence-corrected chi connectivity index (χ3v) is 4.06. The quantitative estimate of drug-likeness (QED) is 0.759. The molecule has 0 saturated carbocycles. The third kappa shape index (κ3) is 2.27. The number of hydrogen-bond donors (Lipinski definition) is 1. The molecule has 8 heteroatoms. The monoisotopic (exact) mass is 328 g/mol. The molecule has 1 atom stereocenters. The Morgan fingerprint density at radius 1 is 1.42 bits per heavy atom. The summed E-state index contributed by atoms with van der Waals surface area (Å²) in [6.07, 6.45) is -0.242. The number of benzene rings is 1. The zero-order valence-electron chi connectivity index (χ0n) is 13.3. The zero-order chi connectivity index (χ0) is 16.8. The number of rotatable bonds is 3. The first kappa shape index (κ1) is 14.6. The number of imidazole rings is 1. The smallest absolute Gasteiger partial charge is 0.329 e. The summed E-state index contributed by atoms with van der Waals surface area (Å²) in [4.78, 5) is 30.3. The van der Waals surface area contributed by atoms with Crippen LogP contribution in [0.4, 0.5) is 0 Å². The molecule has 124 valence electrons. The van der Waals surface area contributed by atoms with E-state index in [2.05, 4.69) is 9.97 Å². The highest BCUT2D eigenvalue weighted by atomic mass is 16.6. The van der Waals surface area contributed by atoms with Crippen LogP contribution in [0.1, 0.15) is 5.56 Å². The van der Waals surface area contributed by atoms with Crippen LogP contribution < -0.4 is 20.7 Å². The number of aromatic amines is 1. The maximum atomic E-state index is 12.1. The van der Waals surface area contributed by atoms with Crippen molar-refractivity contribution in [2.24, 2.45) is 7.05 Å². The van der Waals surface area contributed by atoms with Gasteiger partial charge in [0, 0.05) is 7.05 Å². The lowest BCUT2D eigenvalue weighted by Gasteiger charge is -2.12. The Bertz CT molecular complexity index is 1050. The van der Waals surface area contributed by atoms with Crippen LogP contribution in [0, 0.1) is 6.92 Å². The highest BCUT2D eigenvalue weighted by Crippen LogP contribution is 2.25. The van der Waals surface area contributed by atoms with Crippen LogP contribution in [0.25, 0.3) is 11.2 Å².